The lowest BCUT2D eigenvalue weighted by atomic mass is 10.3. The minimum atomic E-state index is -0.468. The Balaban J connectivity index is 2.32. The first-order chi connectivity index (χ1) is 9.04. The van der Waals surface area contributed by atoms with Crippen molar-refractivity contribution in [3.63, 3.8) is 0 Å². The number of carbonyl (C=O) groups is 1. The van der Waals surface area contributed by atoms with Crippen molar-refractivity contribution in [2.24, 2.45) is 0 Å². The lowest BCUT2D eigenvalue weighted by Crippen LogP contribution is -2.10. The maximum atomic E-state index is 11.7. The van der Waals surface area contributed by atoms with Crippen LogP contribution in [0.15, 0.2) is 11.4 Å². The lowest BCUT2D eigenvalue weighted by Gasteiger charge is -2.07. The molecule has 5 nitrogen and oxygen atoms in total. The van der Waals surface area contributed by atoms with Crippen LogP contribution in [0, 0.1) is 13.8 Å². The topological polar surface area (TPSA) is 70.1 Å². The summed E-state index contributed by atoms with van der Waals surface area (Å²) in [7, 11) is 0. The number of hydrogen-bond donors (Lipinski definition) is 1. The number of nitrogens with zero attached hydrogens (tertiary/aromatic N) is 2. The first-order valence-electron chi connectivity index (χ1n) is 6.07. The van der Waals surface area contributed by atoms with Crippen LogP contribution in [-0.4, -0.2) is 22.1 Å². The molecule has 0 atom stereocenters. The number of aryl methyl sites for hydroxylation is 2. The number of carbonyl (C=O) groups excluding carboxylic acids is 1. The fourth-order valence-electron chi connectivity index (χ4n) is 1.84. The molecule has 2 aromatic heterocycles. The predicted octanol–water partition coefficient (Wildman–Crippen LogP) is 2.37. The van der Waals surface area contributed by atoms with Crippen LogP contribution in [0.4, 0.5) is 5.82 Å². The Labute approximate surface area is 116 Å². The van der Waals surface area contributed by atoms with Crippen molar-refractivity contribution < 1.29 is 9.53 Å². The van der Waals surface area contributed by atoms with E-state index in [-0.39, 0.29) is 5.69 Å². The molecule has 0 aliphatic heterocycles. The summed E-state index contributed by atoms with van der Waals surface area (Å²) in [5.41, 5.74) is 7.43. The Kier molecular flexibility index (Phi) is 3.90. The number of anilines is 1. The molecule has 0 fully saturated rings. The zero-order chi connectivity index (χ0) is 14.0. The van der Waals surface area contributed by atoms with Gasteiger partial charge in [-0.05, 0) is 37.8 Å². The predicted molar refractivity (Wildman–Crippen MR) is 75.5 cm³/mol. The molecule has 0 spiro atoms. The van der Waals surface area contributed by atoms with E-state index in [0.717, 1.165) is 0 Å². The Morgan fingerprint density at radius 1 is 1.53 bits per heavy atom. The molecule has 0 aliphatic carbocycles. The molecule has 102 valence electrons. The Morgan fingerprint density at radius 3 is 2.84 bits per heavy atom. The minimum absolute atomic E-state index is 0.202. The van der Waals surface area contributed by atoms with E-state index in [9.17, 15) is 4.79 Å². The average Bonchev–Trinajstić information content (AvgIpc) is 2.88. The molecular formula is C13H17N3O2S. The highest BCUT2D eigenvalue weighted by Crippen LogP contribution is 2.22. The Morgan fingerprint density at radius 2 is 2.26 bits per heavy atom. The fraction of sp³-hybridized carbons (Fsp3) is 0.385. The highest BCUT2D eigenvalue weighted by atomic mass is 32.1. The zero-order valence-electron chi connectivity index (χ0n) is 11.3. The normalized spacial score (nSPS) is 10.7. The Hall–Kier alpha value is -1.82. The molecule has 2 aromatic rings. The van der Waals surface area contributed by atoms with Gasteiger partial charge in [0.2, 0.25) is 0 Å². The molecule has 0 radical (unpaired) electrons. The molecule has 0 unspecified atom stereocenters. The summed E-state index contributed by atoms with van der Waals surface area (Å²) in [6.07, 6.45) is 0. The summed E-state index contributed by atoms with van der Waals surface area (Å²) in [6, 6.07) is 2.06. The second-order valence-corrected chi connectivity index (χ2v) is 5.23. The van der Waals surface area contributed by atoms with Gasteiger partial charge in [-0.2, -0.15) is 0 Å². The number of hydrogen-bond acceptors (Lipinski definition) is 5. The standard InChI is InChI=1S/C13H17N3O2S/c1-4-18-13(17)11-12(14)16(9(3)15-11)7-10-8(2)5-6-19-10/h5-6H,4,7,14H2,1-3H3. The van der Waals surface area contributed by atoms with Gasteiger partial charge in [-0.15, -0.1) is 11.3 Å². The quantitative estimate of drug-likeness (QED) is 0.872. The largest absolute Gasteiger partial charge is 0.461 e. The summed E-state index contributed by atoms with van der Waals surface area (Å²) < 4.78 is 6.78. The van der Waals surface area contributed by atoms with Crippen LogP contribution in [0.1, 0.15) is 33.7 Å². The monoisotopic (exact) mass is 279 g/mol. The second kappa shape index (κ2) is 5.44. The highest BCUT2D eigenvalue weighted by molar-refractivity contribution is 7.10. The van der Waals surface area contributed by atoms with Crippen molar-refractivity contribution in [2.45, 2.75) is 27.3 Å². The van der Waals surface area contributed by atoms with E-state index < -0.39 is 5.97 Å². The maximum Gasteiger partial charge on any atom is 0.360 e. The molecule has 6 heteroatoms. The summed E-state index contributed by atoms with van der Waals surface area (Å²) >= 11 is 1.67. The van der Waals surface area contributed by atoms with Gasteiger partial charge >= 0.3 is 5.97 Å². The molecule has 2 rings (SSSR count). The molecule has 0 amide bonds. The van der Waals surface area contributed by atoms with E-state index in [1.807, 2.05) is 16.9 Å². The van der Waals surface area contributed by atoms with E-state index in [1.165, 1.54) is 10.4 Å². The van der Waals surface area contributed by atoms with E-state index in [4.69, 9.17) is 10.5 Å². The van der Waals surface area contributed by atoms with Crippen LogP contribution >= 0.6 is 11.3 Å². The number of thiophene rings is 1. The number of nitrogens with two attached hydrogens (primary N) is 1. The maximum absolute atomic E-state index is 11.7. The zero-order valence-corrected chi connectivity index (χ0v) is 12.1. The second-order valence-electron chi connectivity index (χ2n) is 4.23. The molecule has 2 heterocycles. The van der Waals surface area contributed by atoms with E-state index >= 15 is 0 Å². The van der Waals surface area contributed by atoms with Crippen LogP contribution in [0.3, 0.4) is 0 Å². The lowest BCUT2D eigenvalue weighted by molar-refractivity contribution is 0.0521. The van der Waals surface area contributed by atoms with E-state index in [2.05, 4.69) is 18.0 Å². The van der Waals surface area contributed by atoms with E-state index in [1.54, 1.807) is 18.3 Å². The number of ether oxygens (including phenoxy) is 1. The number of esters is 1. The van der Waals surface area contributed by atoms with Crippen LogP contribution in [0.25, 0.3) is 0 Å². The van der Waals surface area contributed by atoms with Gasteiger partial charge in [0.15, 0.2) is 5.69 Å². The van der Waals surface area contributed by atoms with Crippen molar-refractivity contribution in [3.8, 4) is 0 Å². The molecule has 0 aromatic carbocycles. The molecule has 0 saturated heterocycles. The number of aromatic nitrogens is 2. The fourth-order valence-corrected chi connectivity index (χ4v) is 2.73. The molecule has 0 saturated carbocycles. The smallest absolute Gasteiger partial charge is 0.360 e. The SMILES string of the molecule is CCOC(=O)c1nc(C)n(Cc2sccc2C)c1N. The average molecular weight is 279 g/mol. The summed E-state index contributed by atoms with van der Waals surface area (Å²) in [5.74, 6) is 0.613. The van der Waals surface area contributed by atoms with Crippen LogP contribution in [0.5, 0.6) is 0 Å². The summed E-state index contributed by atoms with van der Waals surface area (Å²) in [4.78, 5) is 17.1. The third-order valence-corrected chi connectivity index (χ3v) is 3.94. The first kappa shape index (κ1) is 13.6. The van der Waals surface area contributed by atoms with Gasteiger partial charge in [0.1, 0.15) is 11.6 Å². The van der Waals surface area contributed by atoms with Gasteiger partial charge < -0.3 is 15.0 Å². The minimum Gasteiger partial charge on any atom is -0.461 e. The molecule has 2 N–H and O–H groups in total. The molecular weight excluding hydrogens is 262 g/mol. The first-order valence-corrected chi connectivity index (χ1v) is 6.95. The molecule has 19 heavy (non-hydrogen) atoms. The molecule has 0 aliphatic rings. The summed E-state index contributed by atoms with van der Waals surface area (Å²) in [6.45, 7) is 6.59. The van der Waals surface area contributed by atoms with Crippen molar-refractivity contribution in [1.29, 1.82) is 0 Å². The summed E-state index contributed by atoms with van der Waals surface area (Å²) in [5, 5.41) is 2.04. The number of imidazole rings is 1. The van der Waals surface area contributed by atoms with Gasteiger partial charge in [-0.3, -0.25) is 0 Å². The highest BCUT2D eigenvalue weighted by Gasteiger charge is 2.20. The van der Waals surface area contributed by atoms with Crippen LogP contribution < -0.4 is 5.73 Å². The van der Waals surface area contributed by atoms with Gasteiger partial charge in [-0.25, -0.2) is 9.78 Å². The third kappa shape index (κ3) is 2.63. The van der Waals surface area contributed by atoms with Gasteiger partial charge in [-0.1, -0.05) is 0 Å². The van der Waals surface area contributed by atoms with Gasteiger partial charge in [0.25, 0.3) is 0 Å². The van der Waals surface area contributed by atoms with Gasteiger partial charge in [0.05, 0.1) is 13.2 Å². The Bertz CT molecular complexity index is 601. The third-order valence-electron chi connectivity index (χ3n) is 2.94. The number of nitrogen functional groups attached to an aromatic ring is 1. The van der Waals surface area contributed by atoms with Crippen LogP contribution in [-0.2, 0) is 11.3 Å². The van der Waals surface area contributed by atoms with Crippen molar-refractivity contribution in [2.75, 3.05) is 12.3 Å². The molecule has 0 bridgehead atoms. The van der Waals surface area contributed by atoms with Crippen molar-refractivity contribution >= 4 is 23.1 Å². The number of rotatable bonds is 4. The van der Waals surface area contributed by atoms with Crippen molar-refractivity contribution in [1.82, 2.24) is 9.55 Å². The van der Waals surface area contributed by atoms with E-state index in [0.29, 0.717) is 24.8 Å². The van der Waals surface area contributed by atoms with Crippen LogP contribution in [0.2, 0.25) is 0 Å². The van der Waals surface area contributed by atoms with Crippen molar-refractivity contribution in [3.05, 3.63) is 33.4 Å². The van der Waals surface area contributed by atoms with Gasteiger partial charge in [0, 0.05) is 4.88 Å².